The van der Waals surface area contributed by atoms with Gasteiger partial charge in [0.05, 0.1) is 18.3 Å². The Hall–Kier alpha value is -2.79. The van der Waals surface area contributed by atoms with Gasteiger partial charge in [-0.25, -0.2) is 0 Å². The number of nitrogens with zero attached hydrogens (tertiary/aromatic N) is 4. The minimum absolute atomic E-state index is 0.00510. The van der Waals surface area contributed by atoms with Gasteiger partial charge in [-0.15, -0.1) is 0 Å². The summed E-state index contributed by atoms with van der Waals surface area (Å²) in [6, 6.07) is 15.9. The lowest BCUT2D eigenvalue weighted by Crippen LogP contribution is -2.34. The van der Waals surface area contributed by atoms with Crippen LogP contribution in [0.15, 0.2) is 60.9 Å². The molecule has 27 heavy (non-hydrogen) atoms. The van der Waals surface area contributed by atoms with Crippen molar-refractivity contribution in [1.29, 1.82) is 0 Å². The highest BCUT2D eigenvalue weighted by Gasteiger charge is 2.23. The van der Waals surface area contributed by atoms with E-state index in [0.717, 1.165) is 17.7 Å². The Kier molecular flexibility index (Phi) is 4.86. The van der Waals surface area contributed by atoms with Crippen LogP contribution < -0.4 is 4.90 Å². The van der Waals surface area contributed by atoms with Crippen molar-refractivity contribution in [2.45, 2.75) is 13.1 Å². The Morgan fingerprint density at radius 1 is 1.11 bits per heavy atom. The maximum atomic E-state index is 13.0. The van der Waals surface area contributed by atoms with Crippen LogP contribution in [0.2, 0.25) is 5.02 Å². The molecule has 0 unspecified atom stereocenters. The molecule has 1 aliphatic rings. The number of hydrogen-bond acceptors (Lipinski definition) is 3. The van der Waals surface area contributed by atoms with Crippen LogP contribution in [0, 0.1) is 0 Å². The number of likely N-dealkylation sites (N-methyl/N-ethyl adjacent to an activating group) is 1. The summed E-state index contributed by atoms with van der Waals surface area (Å²) in [7, 11) is 2.06. The van der Waals surface area contributed by atoms with Crippen LogP contribution in [0.3, 0.4) is 0 Å². The third-order valence-corrected chi connectivity index (χ3v) is 5.30. The third kappa shape index (κ3) is 3.69. The fourth-order valence-corrected chi connectivity index (χ4v) is 3.61. The van der Waals surface area contributed by atoms with Gasteiger partial charge in [0.2, 0.25) is 0 Å². The number of amides is 1. The summed E-state index contributed by atoms with van der Waals surface area (Å²) >= 11 is 6.22. The topological polar surface area (TPSA) is 41.4 Å². The molecular formula is C21H21ClN4O. The van der Waals surface area contributed by atoms with Crippen molar-refractivity contribution in [1.82, 2.24) is 14.7 Å². The first-order valence-corrected chi connectivity index (χ1v) is 9.34. The van der Waals surface area contributed by atoms with Crippen LogP contribution >= 0.6 is 11.6 Å². The van der Waals surface area contributed by atoms with Crippen molar-refractivity contribution in [3.8, 4) is 0 Å². The molecule has 2 aromatic carbocycles. The van der Waals surface area contributed by atoms with Gasteiger partial charge in [0.1, 0.15) is 0 Å². The van der Waals surface area contributed by atoms with Crippen molar-refractivity contribution in [3.63, 3.8) is 0 Å². The first-order chi connectivity index (χ1) is 13.1. The van der Waals surface area contributed by atoms with Crippen LogP contribution in [0.1, 0.15) is 21.5 Å². The van der Waals surface area contributed by atoms with Crippen LogP contribution in [0.25, 0.3) is 0 Å². The average molecular weight is 381 g/mol. The molecular weight excluding hydrogens is 360 g/mol. The van der Waals surface area contributed by atoms with E-state index < -0.39 is 0 Å². The number of para-hydroxylation sites is 1. The molecule has 0 saturated carbocycles. The predicted octanol–water partition coefficient (Wildman–Crippen LogP) is 3.68. The Balaban J connectivity index is 1.52. The standard InChI is InChI=1S/C21H21ClN4O/c1-24-10-11-25(13-17-7-3-5-9-20(17)24)21(27)18-12-23-26(15-18)14-16-6-2-4-8-19(16)22/h2-9,12,15H,10-11,13-14H2,1H3. The second-order valence-corrected chi connectivity index (χ2v) is 7.20. The van der Waals surface area contributed by atoms with E-state index in [1.165, 1.54) is 5.69 Å². The molecule has 1 aromatic heterocycles. The SMILES string of the molecule is CN1CCN(C(=O)c2cnn(Cc3ccccc3Cl)c2)Cc2ccccc21. The number of fused-ring (bicyclic) bond motifs is 1. The fraction of sp³-hybridized carbons (Fsp3) is 0.238. The largest absolute Gasteiger partial charge is 0.373 e. The van der Waals surface area contributed by atoms with E-state index in [1.54, 1.807) is 17.1 Å². The van der Waals surface area contributed by atoms with Gasteiger partial charge in [-0.2, -0.15) is 5.10 Å². The zero-order valence-corrected chi connectivity index (χ0v) is 15.9. The van der Waals surface area contributed by atoms with E-state index >= 15 is 0 Å². The lowest BCUT2D eigenvalue weighted by Gasteiger charge is -2.20. The number of anilines is 1. The molecule has 0 aliphatic carbocycles. The molecule has 0 N–H and O–H groups in total. The van der Waals surface area contributed by atoms with Gasteiger partial charge in [0.15, 0.2) is 0 Å². The molecule has 4 rings (SSSR count). The van der Waals surface area contributed by atoms with Crippen molar-refractivity contribution in [3.05, 3.63) is 82.6 Å². The second kappa shape index (κ2) is 7.45. The molecule has 0 bridgehead atoms. The normalized spacial score (nSPS) is 14.0. The van der Waals surface area contributed by atoms with Crippen molar-refractivity contribution in [2.75, 3.05) is 25.0 Å². The number of rotatable bonds is 3. The minimum atomic E-state index is 0.00510. The first kappa shape index (κ1) is 17.6. The smallest absolute Gasteiger partial charge is 0.257 e. The van der Waals surface area contributed by atoms with Gasteiger partial charge < -0.3 is 9.80 Å². The zero-order chi connectivity index (χ0) is 18.8. The zero-order valence-electron chi connectivity index (χ0n) is 15.2. The number of hydrogen-bond donors (Lipinski definition) is 0. The molecule has 2 heterocycles. The maximum Gasteiger partial charge on any atom is 0.257 e. The van der Waals surface area contributed by atoms with Gasteiger partial charge >= 0.3 is 0 Å². The summed E-state index contributed by atoms with van der Waals surface area (Å²) < 4.78 is 1.76. The van der Waals surface area contributed by atoms with Gasteiger partial charge in [-0.05, 0) is 23.3 Å². The Labute approximate surface area is 163 Å². The predicted molar refractivity (Wildman–Crippen MR) is 107 cm³/mol. The summed E-state index contributed by atoms with van der Waals surface area (Å²) in [5.41, 5.74) is 3.92. The number of carbonyl (C=O) groups excluding carboxylic acids is 1. The average Bonchev–Trinajstić information content (AvgIpc) is 3.08. The quantitative estimate of drug-likeness (QED) is 0.696. The lowest BCUT2D eigenvalue weighted by atomic mass is 10.1. The molecule has 6 heteroatoms. The van der Waals surface area contributed by atoms with Crippen molar-refractivity contribution >= 4 is 23.2 Å². The van der Waals surface area contributed by atoms with E-state index in [4.69, 9.17) is 11.6 Å². The summed E-state index contributed by atoms with van der Waals surface area (Å²) in [4.78, 5) is 17.1. The molecule has 3 aromatic rings. The molecule has 0 saturated heterocycles. The van der Waals surface area contributed by atoms with E-state index in [2.05, 4.69) is 29.2 Å². The second-order valence-electron chi connectivity index (χ2n) is 6.79. The van der Waals surface area contributed by atoms with Crippen molar-refractivity contribution < 1.29 is 4.79 Å². The highest BCUT2D eigenvalue weighted by atomic mass is 35.5. The van der Waals surface area contributed by atoms with Gasteiger partial charge in [0.25, 0.3) is 5.91 Å². The summed E-state index contributed by atoms with van der Waals surface area (Å²) in [5, 5.41) is 5.05. The Bertz CT molecular complexity index is 968. The first-order valence-electron chi connectivity index (χ1n) is 8.96. The summed E-state index contributed by atoms with van der Waals surface area (Å²) in [6.07, 6.45) is 3.44. The molecule has 5 nitrogen and oxygen atoms in total. The number of halogens is 1. The molecule has 0 radical (unpaired) electrons. The number of carbonyl (C=O) groups is 1. The monoisotopic (exact) mass is 380 g/mol. The van der Waals surface area contributed by atoms with Crippen LogP contribution in [-0.2, 0) is 13.1 Å². The van der Waals surface area contributed by atoms with Crippen LogP contribution in [-0.4, -0.2) is 40.7 Å². The molecule has 1 amide bonds. The van der Waals surface area contributed by atoms with Gasteiger partial charge in [-0.3, -0.25) is 9.48 Å². The third-order valence-electron chi connectivity index (χ3n) is 4.93. The van der Waals surface area contributed by atoms with E-state index in [9.17, 15) is 4.79 Å². The summed E-state index contributed by atoms with van der Waals surface area (Å²) in [6.45, 7) is 2.63. The maximum absolute atomic E-state index is 13.0. The molecule has 0 fully saturated rings. The van der Waals surface area contributed by atoms with Crippen LogP contribution in [0.4, 0.5) is 5.69 Å². The van der Waals surface area contributed by atoms with E-state index in [0.29, 0.717) is 30.2 Å². The highest BCUT2D eigenvalue weighted by Crippen LogP contribution is 2.24. The fourth-order valence-electron chi connectivity index (χ4n) is 3.41. The van der Waals surface area contributed by atoms with Gasteiger partial charge in [0, 0.05) is 43.6 Å². The number of aromatic nitrogens is 2. The highest BCUT2D eigenvalue weighted by molar-refractivity contribution is 6.31. The Morgan fingerprint density at radius 3 is 2.74 bits per heavy atom. The molecule has 138 valence electrons. The molecule has 0 spiro atoms. The Morgan fingerprint density at radius 2 is 1.89 bits per heavy atom. The molecule has 1 aliphatic heterocycles. The minimum Gasteiger partial charge on any atom is -0.373 e. The van der Waals surface area contributed by atoms with Crippen LogP contribution in [0.5, 0.6) is 0 Å². The van der Waals surface area contributed by atoms with Crippen molar-refractivity contribution in [2.24, 2.45) is 0 Å². The number of benzene rings is 2. The lowest BCUT2D eigenvalue weighted by molar-refractivity contribution is 0.0751. The van der Waals surface area contributed by atoms with E-state index in [-0.39, 0.29) is 5.91 Å². The van der Waals surface area contributed by atoms with Gasteiger partial charge in [-0.1, -0.05) is 48.0 Å². The molecule has 0 atom stereocenters. The summed E-state index contributed by atoms with van der Waals surface area (Å²) in [5.74, 6) is 0.00510. The van der Waals surface area contributed by atoms with E-state index in [1.807, 2.05) is 41.3 Å².